The van der Waals surface area contributed by atoms with Crippen molar-refractivity contribution in [1.29, 1.82) is 0 Å². The maximum absolute atomic E-state index is 11.8. The van der Waals surface area contributed by atoms with Crippen molar-refractivity contribution in [3.8, 4) is 0 Å². The number of aliphatic hydroxyl groups is 1. The molecule has 1 unspecified atom stereocenters. The van der Waals surface area contributed by atoms with Crippen molar-refractivity contribution < 1.29 is 9.90 Å². The number of carbonyl (C=O) groups excluding carboxylic acids is 1. The predicted molar refractivity (Wildman–Crippen MR) is 87.1 cm³/mol. The monoisotopic (exact) mass is 343 g/mol. The van der Waals surface area contributed by atoms with Gasteiger partial charge in [-0.05, 0) is 18.6 Å². The molecule has 2 aromatic rings. The number of aryl methyl sites for hydroxylation is 1. The van der Waals surface area contributed by atoms with Crippen LogP contribution in [0.4, 0.5) is 0 Å². The first kappa shape index (κ1) is 16.3. The van der Waals surface area contributed by atoms with Crippen molar-refractivity contribution in [2.45, 2.75) is 18.9 Å². The van der Waals surface area contributed by atoms with E-state index in [1.807, 2.05) is 11.4 Å². The van der Waals surface area contributed by atoms with E-state index in [1.165, 1.54) is 11.3 Å². The van der Waals surface area contributed by atoms with E-state index in [1.54, 1.807) is 24.3 Å². The number of benzene rings is 1. The summed E-state index contributed by atoms with van der Waals surface area (Å²) in [5.41, 5.74) is 0.615. The number of aliphatic hydroxyl groups excluding tert-OH is 1. The molecule has 0 aliphatic heterocycles. The molecule has 0 saturated heterocycles. The Labute approximate surface area is 137 Å². The highest BCUT2D eigenvalue weighted by Gasteiger charge is 2.12. The highest BCUT2D eigenvalue weighted by Crippen LogP contribution is 2.22. The van der Waals surface area contributed by atoms with Crippen LogP contribution >= 0.6 is 34.5 Å². The van der Waals surface area contributed by atoms with E-state index in [0.29, 0.717) is 28.5 Å². The van der Waals surface area contributed by atoms with Gasteiger partial charge in [0.25, 0.3) is 0 Å². The molecule has 1 aromatic heterocycles. The minimum absolute atomic E-state index is 0.106. The summed E-state index contributed by atoms with van der Waals surface area (Å²) in [6, 6.07) is 8.91. The lowest BCUT2D eigenvalue weighted by Crippen LogP contribution is -2.28. The van der Waals surface area contributed by atoms with Crippen molar-refractivity contribution in [2.24, 2.45) is 0 Å². The van der Waals surface area contributed by atoms with Crippen LogP contribution in [0.15, 0.2) is 35.7 Å². The lowest BCUT2D eigenvalue weighted by atomic mass is 10.1. The van der Waals surface area contributed by atoms with Crippen LogP contribution in [0.1, 0.15) is 23.0 Å². The van der Waals surface area contributed by atoms with Gasteiger partial charge < -0.3 is 10.4 Å². The molecular formula is C15H15Cl2NO2S. The third-order valence-corrected chi connectivity index (χ3v) is 4.67. The van der Waals surface area contributed by atoms with Gasteiger partial charge in [-0.2, -0.15) is 0 Å². The molecular weight excluding hydrogens is 329 g/mol. The van der Waals surface area contributed by atoms with Crippen molar-refractivity contribution >= 4 is 40.4 Å². The van der Waals surface area contributed by atoms with Crippen LogP contribution in [-0.4, -0.2) is 17.6 Å². The molecule has 0 spiro atoms. The Balaban J connectivity index is 1.77. The summed E-state index contributed by atoms with van der Waals surface area (Å²) in [5.74, 6) is -0.106. The molecule has 3 nitrogen and oxygen atoms in total. The number of carbonyl (C=O) groups is 1. The summed E-state index contributed by atoms with van der Waals surface area (Å²) in [6.45, 7) is 0.147. The highest BCUT2D eigenvalue weighted by molar-refractivity contribution is 7.10. The molecule has 1 aromatic carbocycles. The zero-order valence-electron chi connectivity index (χ0n) is 11.2. The van der Waals surface area contributed by atoms with Gasteiger partial charge in [-0.25, -0.2) is 0 Å². The molecule has 6 heteroatoms. The molecule has 112 valence electrons. The predicted octanol–water partition coefficient (Wildman–Crippen LogP) is 3.84. The minimum Gasteiger partial charge on any atom is -0.387 e. The first-order chi connectivity index (χ1) is 10.1. The van der Waals surface area contributed by atoms with Crippen molar-refractivity contribution in [1.82, 2.24) is 5.32 Å². The van der Waals surface area contributed by atoms with E-state index < -0.39 is 6.10 Å². The summed E-state index contributed by atoms with van der Waals surface area (Å²) < 4.78 is 0. The number of halogens is 2. The van der Waals surface area contributed by atoms with Crippen LogP contribution in [-0.2, 0) is 11.2 Å². The van der Waals surface area contributed by atoms with Gasteiger partial charge in [0.2, 0.25) is 5.91 Å². The van der Waals surface area contributed by atoms with E-state index in [9.17, 15) is 9.90 Å². The Morgan fingerprint density at radius 3 is 2.76 bits per heavy atom. The van der Waals surface area contributed by atoms with Crippen molar-refractivity contribution in [3.63, 3.8) is 0 Å². The molecule has 1 atom stereocenters. The van der Waals surface area contributed by atoms with Gasteiger partial charge in [-0.3, -0.25) is 4.79 Å². The van der Waals surface area contributed by atoms with Crippen molar-refractivity contribution in [2.75, 3.05) is 6.54 Å². The maximum atomic E-state index is 11.8. The Morgan fingerprint density at radius 2 is 2.10 bits per heavy atom. The number of amides is 1. The standard InChI is InChI=1S/C15H15Cl2NO2S/c16-10-7-11(21-9-10)5-6-15(20)18-8-14(19)12-3-1-2-4-13(12)17/h1-4,7,9,14,19H,5-6,8H2,(H,18,20). The van der Waals surface area contributed by atoms with E-state index in [0.717, 1.165) is 4.88 Å². The lowest BCUT2D eigenvalue weighted by Gasteiger charge is -2.13. The SMILES string of the molecule is O=C(CCc1cc(Cl)cs1)NCC(O)c1ccccc1Cl. The van der Waals surface area contributed by atoms with Gasteiger partial charge in [-0.1, -0.05) is 41.4 Å². The third-order valence-electron chi connectivity index (χ3n) is 2.98. The summed E-state index contributed by atoms with van der Waals surface area (Å²) in [4.78, 5) is 12.8. The van der Waals surface area contributed by atoms with Gasteiger partial charge in [0, 0.05) is 33.8 Å². The summed E-state index contributed by atoms with van der Waals surface area (Å²) in [5, 5.41) is 15.8. The quantitative estimate of drug-likeness (QED) is 0.837. The first-order valence-corrected chi connectivity index (χ1v) is 8.12. The van der Waals surface area contributed by atoms with Crippen LogP contribution in [0.5, 0.6) is 0 Å². The summed E-state index contributed by atoms with van der Waals surface area (Å²) >= 11 is 13.4. The van der Waals surface area contributed by atoms with Gasteiger partial charge in [0.15, 0.2) is 0 Å². The molecule has 1 heterocycles. The maximum Gasteiger partial charge on any atom is 0.220 e. The number of hydrogen-bond donors (Lipinski definition) is 2. The zero-order valence-corrected chi connectivity index (χ0v) is 13.5. The number of thiophene rings is 1. The van der Waals surface area contributed by atoms with Gasteiger partial charge in [0.05, 0.1) is 11.1 Å². The number of nitrogens with one attached hydrogen (secondary N) is 1. The molecule has 0 radical (unpaired) electrons. The van der Waals surface area contributed by atoms with Crippen LogP contribution in [0.2, 0.25) is 10.0 Å². The van der Waals surface area contributed by atoms with Crippen LogP contribution in [0, 0.1) is 0 Å². The second-order valence-electron chi connectivity index (χ2n) is 4.57. The molecule has 0 saturated carbocycles. The lowest BCUT2D eigenvalue weighted by molar-refractivity contribution is -0.121. The third kappa shape index (κ3) is 5.00. The molecule has 0 fully saturated rings. The first-order valence-electron chi connectivity index (χ1n) is 6.48. The fourth-order valence-corrected chi connectivity index (χ4v) is 3.21. The Hall–Kier alpha value is -1.07. The van der Waals surface area contributed by atoms with E-state index in [4.69, 9.17) is 23.2 Å². The molecule has 1 amide bonds. The second kappa shape index (κ2) is 7.80. The smallest absolute Gasteiger partial charge is 0.220 e. The fraction of sp³-hybridized carbons (Fsp3) is 0.267. The molecule has 2 rings (SSSR count). The Kier molecular flexibility index (Phi) is 6.06. The fourth-order valence-electron chi connectivity index (χ4n) is 1.88. The highest BCUT2D eigenvalue weighted by atomic mass is 35.5. The summed E-state index contributed by atoms with van der Waals surface area (Å²) in [6.07, 6.45) is 0.205. The Bertz CT molecular complexity index is 615. The molecule has 0 aliphatic rings. The minimum atomic E-state index is -0.807. The van der Waals surface area contributed by atoms with E-state index >= 15 is 0 Å². The largest absolute Gasteiger partial charge is 0.387 e. The van der Waals surface area contributed by atoms with E-state index in [2.05, 4.69) is 5.32 Å². The number of rotatable bonds is 6. The molecule has 0 aliphatic carbocycles. The average molecular weight is 344 g/mol. The molecule has 0 bridgehead atoms. The van der Waals surface area contributed by atoms with Gasteiger partial charge in [-0.15, -0.1) is 11.3 Å². The van der Waals surface area contributed by atoms with Crippen molar-refractivity contribution in [3.05, 3.63) is 56.2 Å². The van der Waals surface area contributed by atoms with Crippen LogP contribution in [0.3, 0.4) is 0 Å². The van der Waals surface area contributed by atoms with Gasteiger partial charge in [0.1, 0.15) is 0 Å². The van der Waals surface area contributed by atoms with E-state index in [-0.39, 0.29) is 12.5 Å². The topological polar surface area (TPSA) is 49.3 Å². The van der Waals surface area contributed by atoms with Crippen LogP contribution in [0.25, 0.3) is 0 Å². The van der Waals surface area contributed by atoms with Gasteiger partial charge >= 0.3 is 0 Å². The summed E-state index contributed by atoms with van der Waals surface area (Å²) in [7, 11) is 0. The average Bonchev–Trinajstić information content (AvgIpc) is 2.89. The number of hydrogen-bond acceptors (Lipinski definition) is 3. The normalized spacial score (nSPS) is 12.1. The second-order valence-corrected chi connectivity index (χ2v) is 6.41. The molecule has 2 N–H and O–H groups in total. The van der Waals surface area contributed by atoms with Crippen LogP contribution < -0.4 is 5.32 Å². The molecule has 21 heavy (non-hydrogen) atoms. The Morgan fingerprint density at radius 1 is 1.33 bits per heavy atom. The zero-order chi connectivity index (χ0) is 15.2.